The third-order valence-electron chi connectivity index (χ3n) is 5.01. The fourth-order valence-electron chi connectivity index (χ4n) is 3.40. The molecule has 1 aromatic heterocycles. The van der Waals surface area contributed by atoms with Gasteiger partial charge < -0.3 is 14.2 Å². The SMILES string of the molecule is COc1ccc(S(=O)(=O)N2CCC(Oc3nc4c(Cl)cccc4s3)CC2)cc1OC. The Kier molecular flexibility index (Phi) is 6.06. The number of fused-ring (bicyclic) bond motifs is 1. The molecule has 1 fully saturated rings. The lowest BCUT2D eigenvalue weighted by molar-refractivity contribution is 0.135. The van der Waals surface area contributed by atoms with Gasteiger partial charge in [0.15, 0.2) is 11.5 Å². The number of nitrogens with zero attached hydrogens (tertiary/aromatic N) is 2. The highest BCUT2D eigenvalue weighted by molar-refractivity contribution is 7.89. The van der Waals surface area contributed by atoms with E-state index in [4.69, 9.17) is 25.8 Å². The number of ether oxygens (including phenoxy) is 3. The number of benzene rings is 2. The van der Waals surface area contributed by atoms with Crippen LogP contribution in [0.2, 0.25) is 5.02 Å². The Morgan fingerprint density at radius 1 is 1.10 bits per heavy atom. The first-order valence-corrected chi connectivity index (χ1v) is 12.0. The molecular formula is C20H21ClN2O5S2. The molecule has 1 saturated heterocycles. The summed E-state index contributed by atoms with van der Waals surface area (Å²) in [5.41, 5.74) is 0.729. The van der Waals surface area contributed by atoms with Gasteiger partial charge in [-0.15, -0.1) is 0 Å². The van der Waals surface area contributed by atoms with Gasteiger partial charge in [0.05, 0.1) is 28.8 Å². The van der Waals surface area contributed by atoms with E-state index >= 15 is 0 Å². The standard InChI is InChI=1S/C20H21ClN2O5S2/c1-26-16-7-6-14(12-17(16)27-2)30(24,25)23-10-8-13(9-11-23)28-20-22-19-15(21)4-3-5-18(19)29-20/h3-7,12-13H,8-11H2,1-2H3. The predicted octanol–water partition coefficient (Wildman–Crippen LogP) is 4.20. The first kappa shape index (κ1) is 21.2. The number of rotatable bonds is 6. The molecule has 7 nitrogen and oxygen atoms in total. The molecule has 1 aliphatic heterocycles. The number of hydrogen-bond donors (Lipinski definition) is 0. The zero-order chi connectivity index (χ0) is 21.3. The van der Waals surface area contributed by atoms with Crippen molar-refractivity contribution < 1.29 is 22.6 Å². The lowest BCUT2D eigenvalue weighted by atomic mass is 10.1. The van der Waals surface area contributed by atoms with Crippen LogP contribution in [0.3, 0.4) is 0 Å². The van der Waals surface area contributed by atoms with Crippen molar-refractivity contribution in [3.05, 3.63) is 41.4 Å². The van der Waals surface area contributed by atoms with Crippen molar-refractivity contribution in [2.45, 2.75) is 23.8 Å². The average Bonchev–Trinajstić information content (AvgIpc) is 3.17. The Labute approximate surface area is 184 Å². The van der Waals surface area contributed by atoms with Crippen molar-refractivity contribution in [3.63, 3.8) is 0 Å². The Bertz CT molecular complexity index is 1160. The second-order valence-electron chi connectivity index (χ2n) is 6.80. The highest BCUT2D eigenvalue weighted by atomic mass is 35.5. The van der Waals surface area contributed by atoms with E-state index in [0.29, 0.717) is 47.6 Å². The van der Waals surface area contributed by atoms with Gasteiger partial charge in [0.2, 0.25) is 10.0 Å². The summed E-state index contributed by atoms with van der Waals surface area (Å²) in [5.74, 6) is 0.866. The molecule has 0 spiro atoms. The number of piperidine rings is 1. The van der Waals surface area contributed by atoms with E-state index in [-0.39, 0.29) is 11.0 Å². The summed E-state index contributed by atoms with van der Waals surface area (Å²) in [6, 6.07) is 10.2. The van der Waals surface area contributed by atoms with Crippen molar-refractivity contribution in [2.75, 3.05) is 27.3 Å². The van der Waals surface area contributed by atoms with Gasteiger partial charge >= 0.3 is 0 Å². The van der Waals surface area contributed by atoms with Gasteiger partial charge in [0.1, 0.15) is 11.6 Å². The van der Waals surface area contributed by atoms with Gasteiger partial charge in [-0.25, -0.2) is 13.4 Å². The van der Waals surface area contributed by atoms with Crippen molar-refractivity contribution in [3.8, 4) is 16.7 Å². The highest BCUT2D eigenvalue weighted by Gasteiger charge is 2.31. The molecule has 0 aliphatic carbocycles. The van der Waals surface area contributed by atoms with E-state index in [1.54, 1.807) is 12.1 Å². The molecule has 0 saturated carbocycles. The van der Waals surface area contributed by atoms with Crippen LogP contribution >= 0.6 is 22.9 Å². The largest absolute Gasteiger partial charge is 0.493 e. The molecule has 0 unspecified atom stereocenters. The first-order chi connectivity index (χ1) is 14.4. The van der Waals surface area contributed by atoms with Crippen LogP contribution in [-0.4, -0.2) is 51.1 Å². The van der Waals surface area contributed by atoms with E-state index in [9.17, 15) is 8.42 Å². The Morgan fingerprint density at radius 3 is 2.50 bits per heavy atom. The van der Waals surface area contributed by atoms with E-state index in [1.165, 1.54) is 42.0 Å². The van der Waals surface area contributed by atoms with Gasteiger partial charge in [-0.05, 0) is 37.1 Å². The minimum atomic E-state index is -3.63. The van der Waals surface area contributed by atoms with Crippen LogP contribution in [0.15, 0.2) is 41.3 Å². The van der Waals surface area contributed by atoms with Crippen LogP contribution in [0.5, 0.6) is 16.7 Å². The summed E-state index contributed by atoms with van der Waals surface area (Å²) in [7, 11) is -0.642. The lowest BCUT2D eigenvalue weighted by Crippen LogP contribution is -2.41. The quantitative estimate of drug-likeness (QED) is 0.539. The van der Waals surface area contributed by atoms with Crippen molar-refractivity contribution in [2.24, 2.45) is 0 Å². The van der Waals surface area contributed by atoms with Crippen LogP contribution in [0.1, 0.15) is 12.8 Å². The zero-order valence-corrected chi connectivity index (χ0v) is 18.9. The summed E-state index contributed by atoms with van der Waals surface area (Å²) >= 11 is 7.62. The average molecular weight is 469 g/mol. The summed E-state index contributed by atoms with van der Waals surface area (Å²) in [6.45, 7) is 0.736. The number of methoxy groups -OCH3 is 2. The lowest BCUT2D eigenvalue weighted by Gasteiger charge is -2.30. The molecule has 3 aromatic rings. The van der Waals surface area contributed by atoms with Crippen LogP contribution in [0, 0.1) is 0 Å². The second kappa shape index (κ2) is 8.58. The van der Waals surface area contributed by atoms with Gasteiger partial charge in [-0.3, -0.25) is 0 Å². The van der Waals surface area contributed by atoms with Gasteiger partial charge in [-0.1, -0.05) is 29.0 Å². The maximum atomic E-state index is 13.0. The topological polar surface area (TPSA) is 78.0 Å². The van der Waals surface area contributed by atoms with Crippen LogP contribution in [0.25, 0.3) is 10.2 Å². The third-order valence-corrected chi connectivity index (χ3v) is 8.12. The number of thiazole rings is 1. The zero-order valence-electron chi connectivity index (χ0n) is 16.5. The van der Waals surface area contributed by atoms with E-state index in [1.807, 2.05) is 12.1 Å². The molecule has 0 bridgehead atoms. The molecule has 4 rings (SSSR count). The molecule has 0 amide bonds. The molecule has 0 radical (unpaired) electrons. The second-order valence-corrected chi connectivity index (χ2v) is 10.1. The smallest absolute Gasteiger partial charge is 0.274 e. The number of hydrogen-bond acceptors (Lipinski definition) is 7. The third kappa shape index (κ3) is 4.07. The maximum Gasteiger partial charge on any atom is 0.274 e. The summed E-state index contributed by atoms with van der Waals surface area (Å²) in [6.07, 6.45) is 1.06. The molecule has 2 aromatic carbocycles. The number of halogens is 1. The van der Waals surface area contributed by atoms with Crippen molar-refractivity contribution in [1.82, 2.24) is 9.29 Å². The predicted molar refractivity (Wildman–Crippen MR) is 117 cm³/mol. The molecule has 1 aliphatic rings. The first-order valence-electron chi connectivity index (χ1n) is 9.36. The Morgan fingerprint density at radius 2 is 1.83 bits per heavy atom. The minimum absolute atomic E-state index is 0.0961. The van der Waals surface area contributed by atoms with E-state index in [2.05, 4.69) is 4.98 Å². The number of sulfonamides is 1. The Hall–Kier alpha value is -2.07. The normalized spacial score (nSPS) is 16.0. The summed E-state index contributed by atoms with van der Waals surface area (Å²) in [5, 5.41) is 1.15. The molecule has 0 N–H and O–H groups in total. The van der Waals surface area contributed by atoms with E-state index in [0.717, 1.165) is 10.2 Å². The summed E-state index contributed by atoms with van der Waals surface area (Å²) in [4.78, 5) is 4.64. The fraction of sp³-hybridized carbons (Fsp3) is 0.350. The number of para-hydroxylation sites is 1. The number of aromatic nitrogens is 1. The molecule has 2 heterocycles. The summed E-state index contributed by atoms with van der Waals surface area (Å²) < 4.78 is 45.0. The van der Waals surface area contributed by atoms with Crippen molar-refractivity contribution in [1.29, 1.82) is 0 Å². The highest BCUT2D eigenvalue weighted by Crippen LogP contribution is 2.34. The maximum absolute atomic E-state index is 13.0. The Balaban J connectivity index is 1.44. The molecule has 10 heteroatoms. The van der Waals surface area contributed by atoms with Gasteiger partial charge in [0, 0.05) is 19.2 Å². The van der Waals surface area contributed by atoms with Crippen molar-refractivity contribution >= 4 is 43.2 Å². The molecular weight excluding hydrogens is 448 g/mol. The van der Waals surface area contributed by atoms with E-state index < -0.39 is 10.0 Å². The molecule has 160 valence electrons. The van der Waals surface area contributed by atoms with Crippen LogP contribution < -0.4 is 14.2 Å². The van der Waals surface area contributed by atoms with Crippen LogP contribution in [-0.2, 0) is 10.0 Å². The molecule has 30 heavy (non-hydrogen) atoms. The monoisotopic (exact) mass is 468 g/mol. The van der Waals surface area contributed by atoms with Gasteiger partial charge in [0.25, 0.3) is 5.19 Å². The fourth-order valence-corrected chi connectivity index (χ4v) is 6.07. The molecule has 0 atom stereocenters. The minimum Gasteiger partial charge on any atom is -0.493 e. The van der Waals surface area contributed by atoms with Crippen LogP contribution in [0.4, 0.5) is 0 Å². The van der Waals surface area contributed by atoms with Gasteiger partial charge in [-0.2, -0.15) is 4.31 Å².